The molecule has 0 aliphatic rings. The molecule has 0 heterocycles. The van der Waals surface area contributed by atoms with Gasteiger partial charge in [-0.3, -0.25) is 4.52 Å². The van der Waals surface area contributed by atoms with Crippen molar-refractivity contribution in [3.63, 3.8) is 0 Å². The Morgan fingerprint density at radius 3 is 2.58 bits per heavy atom. The Morgan fingerprint density at radius 2 is 2.00 bits per heavy atom. The molecule has 0 unspecified atom stereocenters. The van der Waals surface area contributed by atoms with Crippen molar-refractivity contribution in [1.82, 2.24) is 5.32 Å². The van der Waals surface area contributed by atoms with Crippen LogP contribution < -0.4 is 5.32 Å². The molecule has 5 heteroatoms. The molecule has 0 spiro atoms. The normalized spacial score (nSPS) is 10.1. The third-order valence-electron chi connectivity index (χ3n) is 1.43. The van der Waals surface area contributed by atoms with Crippen LogP contribution in [0.4, 0.5) is 0 Å². The van der Waals surface area contributed by atoms with Crippen LogP contribution in [0.25, 0.3) is 0 Å². The van der Waals surface area contributed by atoms with Crippen molar-refractivity contribution in [2.24, 2.45) is 0 Å². The maximum atomic E-state index is 9.92. The Morgan fingerprint density at radius 1 is 1.25 bits per heavy atom. The van der Waals surface area contributed by atoms with Gasteiger partial charge in [-0.1, -0.05) is 19.8 Å². The summed E-state index contributed by atoms with van der Waals surface area (Å²) in [6.07, 6.45) is 3.55. The van der Waals surface area contributed by atoms with E-state index in [1.165, 1.54) is 12.8 Å². The van der Waals surface area contributed by atoms with Crippen LogP contribution in [0.2, 0.25) is 0 Å². The maximum absolute atomic E-state index is 9.92. The van der Waals surface area contributed by atoms with E-state index in [-0.39, 0.29) is 6.61 Å². The molecular formula is C7H16NO3P. The molecule has 0 saturated heterocycles. The summed E-state index contributed by atoms with van der Waals surface area (Å²) < 4.78 is 24.2. The second kappa shape index (κ2) is 8.91. The van der Waals surface area contributed by atoms with Crippen molar-refractivity contribution >= 4 is 7.91 Å². The van der Waals surface area contributed by atoms with Crippen LogP contribution in [-0.4, -0.2) is 19.7 Å². The van der Waals surface area contributed by atoms with E-state index in [4.69, 9.17) is 0 Å². The average Bonchev–Trinajstić information content (AvgIpc) is 2.02. The molecule has 0 aliphatic carbocycles. The third-order valence-corrected chi connectivity index (χ3v) is 1.83. The first-order valence-corrected chi connectivity index (χ1v) is 5.35. The molecule has 0 aromatic carbocycles. The number of unbranched alkanes of at least 4 members (excludes halogenated alkanes) is 2. The lowest BCUT2D eigenvalue weighted by Gasteiger charge is -2.00. The molecular weight excluding hydrogens is 177 g/mol. The van der Waals surface area contributed by atoms with Gasteiger partial charge < -0.3 is 5.32 Å². The minimum Gasteiger partial charge on any atom is -0.314 e. The Balaban J connectivity index is 2.91. The van der Waals surface area contributed by atoms with E-state index in [9.17, 15) is 9.13 Å². The van der Waals surface area contributed by atoms with Gasteiger partial charge in [0.25, 0.3) is 0 Å². The van der Waals surface area contributed by atoms with Crippen molar-refractivity contribution in [1.29, 1.82) is 0 Å². The minimum absolute atomic E-state index is 0.241. The van der Waals surface area contributed by atoms with Gasteiger partial charge in [0.2, 0.25) is 0 Å². The topological polar surface area (TPSA) is 55.4 Å². The highest BCUT2D eigenvalue weighted by atomic mass is 31.1. The summed E-state index contributed by atoms with van der Waals surface area (Å²) in [7, 11) is -2.67. The summed E-state index contributed by atoms with van der Waals surface area (Å²) in [6, 6.07) is 0. The van der Waals surface area contributed by atoms with Crippen LogP contribution in [0.3, 0.4) is 0 Å². The van der Waals surface area contributed by atoms with Crippen molar-refractivity contribution in [3.05, 3.63) is 0 Å². The molecule has 0 aromatic rings. The highest BCUT2D eigenvalue weighted by molar-refractivity contribution is 7.24. The Labute approximate surface area is 73.6 Å². The summed E-state index contributed by atoms with van der Waals surface area (Å²) in [5, 5.41) is 3.08. The molecule has 1 N–H and O–H groups in total. The van der Waals surface area contributed by atoms with E-state index in [0.29, 0.717) is 6.54 Å². The maximum Gasteiger partial charge on any atom is 0.468 e. The second-order valence-electron chi connectivity index (χ2n) is 2.51. The lowest BCUT2D eigenvalue weighted by molar-refractivity contribution is 0.301. The second-order valence-corrected chi connectivity index (χ2v) is 3.22. The first-order valence-electron chi connectivity index (χ1n) is 4.25. The molecule has 0 saturated carbocycles. The van der Waals surface area contributed by atoms with Gasteiger partial charge in [0.1, 0.15) is 0 Å². The van der Waals surface area contributed by atoms with Gasteiger partial charge in [-0.15, -0.1) is 0 Å². The molecule has 72 valence electrons. The number of hydrogen-bond acceptors (Lipinski definition) is 4. The predicted octanol–water partition coefficient (Wildman–Crippen LogP) is 1.87. The number of hydrogen-bond donors (Lipinski definition) is 1. The number of nitrogens with one attached hydrogen (secondary N) is 1. The molecule has 0 aliphatic heterocycles. The fraction of sp³-hybridized carbons (Fsp3) is 1.00. The van der Waals surface area contributed by atoms with Crippen LogP contribution in [0.1, 0.15) is 26.2 Å². The van der Waals surface area contributed by atoms with Gasteiger partial charge in [-0.05, 0) is 13.0 Å². The summed E-state index contributed by atoms with van der Waals surface area (Å²) >= 11 is 0. The molecule has 0 fully saturated rings. The van der Waals surface area contributed by atoms with Gasteiger partial charge in [0.15, 0.2) is 0 Å². The largest absolute Gasteiger partial charge is 0.468 e. The smallest absolute Gasteiger partial charge is 0.314 e. The Kier molecular flexibility index (Phi) is 8.78. The molecule has 0 rings (SSSR count). The van der Waals surface area contributed by atoms with Gasteiger partial charge in [0.05, 0.1) is 6.61 Å². The van der Waals surface area contributed by atoms with Crippen molar-refractivity contribution in [2.75, 3.05) is 19.7 Å². The van der Waals surface area contributed by atoms with E-state index in [1.54, 1.807) is 0 Å². The first-order chi connectivity index (χ1) is 5.77. The van der Waals surface area contributed by atoms with Crippen molar-refractivity contribution < 1.29 is 13.7 Å². The fourth-order valence-corrected chi connectivity index (χ4v) is 1.06. The zero-order chi connectivity index (χ0) is 9.23. The predicted molar refractivity (Wildman–Crippen MR) is 46.6 cm³/mol. The lowest BCUT2D eigenvalue weighted by Crippen LogP contribution is -2.19. The van der Waals surface area contributed by atoms with Crippen molar-refractivity contribution in [3.8, 4) is 0 Å². The first kappa shape index (κ1) is 11.8. The summed E-state index contributed by atoms with van der Waals surface area (Å²) in [5.74, 6) is 0. The van der Waals surface area contributed by atoms with Crippen LogP contribution in [0.15, 0.2) is 0 Å². The summed E-state index contributed by atoms with van der Waals surface area (Å²) in [6.45, 7) is 3.93. The highest BCUT2D eigenvalue weighted by Gasteiger charge is 1.91. The zero-order valence-corrected chi connectivity index (χ0v) is 8.31. The van der Waals surface area contributed by atoms with Crippen LogP contribution in [0.5, 0.6) is 0 Å². The third kappa shape index (κ3) is 9.82. The number of rotatable bonds is 8. The molecule has 0 bridgehead atoms. The minimum atomic E-state index is -2.67. The quantitative estimate of drug-likeness (QED) is 0.472. The van der Waals surface area contributed by atoms with Crippen LogP contribution in [0, 0.1) is 0 Å². The van der Waals surface area contributed by atoms with E-state index >= 15 is 0 Å². The Hall–Kier alpha value is -0.180. The molecule has 0 radical (unpaired) electrons. The van der Waals surface area contributed by atoms with Crippen LogP contribution in [-0.2, 0) is 13.7 Å². The summed E-state index contributed by atoms with van der Waals surface area (Å²) in [5.41, 5.74) is 0. The van der Waals surface area contributed by atoms with Crippen LogP contribution >= 0.6 is 7.91 Å². The highest BCUT2D eigenvalue weighted by Crippen LogP contribution is 2.02. The fourth-order valence-electron chi connectivity index (χ4n) is 0.817. The average molecular weight is 193 g/mol. The van der Waals surface area contributed by atoms with E-state index < -0.39 is 7.91 Å². The molecule has 4 nitrogen and oxygen atoms in total. The molecule has 0 atom stereocenters. The molecule has 12 heavy (non-hydrogen) atoms. The van der Waals surface area contributed by atoms with Gasteiger partial charge in [-0.2, -0.15) is 0 Å². The van der Waals surface area contributed by atoms with Crippen molar-refractivity contribution in [2.45, 2.75) is 26.2 Å². The monoisotopic (exact) mass is 193 g/mol. The van der Waals surface area contributed by atoms with E-state index in [1.807, 2.05) is 0 Å². The summed E-state index contributed by atoms with van der Waals surface area (Å²) in [4.78, 5) is 0. The van der Waals surface area contributed by atoms with E-state index in [0.717, 1.165) is 13.0 Å². The SMILES string of the molecule is CCCCCNCCOP(=O)=O. The molecule has 0 aromatic heterocycles. The van der Waals surface area contributed by atoms with Gasteiger partial charge in [-0.25, -0.2) is 9.13 Å². The van der Waals surface area contributed by atoms with Gasteiger partial charge >= 0.3 is 7.91 Å². The van der Waals surface area contributed by atoms with E-state index in [2.05, 4.69) is 16.8 Å². The Bertz CT molecular complexity index is 151. The molecule has 0 amide bonds. The standard InChI is InChI=1S/C7H16NO3P/c1-2-3-4-5-8-6-7-11-12(9)10/h8H,2-7H2,1H3. The van der Waals surface area contributed by atoms with Gasteiger partial charge in [0, 0.05) is 6.54 Å². The zero-order valence-electron chi connectivity index (χ0n) is 7.41. The lowest BCUT2D eigenvalue weighted by atomic mass is 10.2.